The van der Waals surface area contributed by atoms with Gasteiger partial charge in [0.15, 0.2) is 0 Å². The SMILES string of the molecule is Cc1cc(N)cc2ncnc(Nc3ccc(F)cc3OC3CCCC3)c12. The fourth-order valence-electron chi connectivity index (χ4n) is 3.52. The van der Waals surface area contributed by atoms with Gasteiger partial charge in [0.25, 0.3) is 0 Å². The molecule has 0 bridgehead atoms. The van der Waals surface area contributed by atoms with E-state index in [1.165, 1.54) is 18.5 Å². The number of hydrogen-bond donors (Lipinski definition) is 2. The van der Waals surface area contributed by atoms with Gasteiger partial charge in [0.2, 0.25) is 0 Å². The van der Waals surface area contributed by atoms with Crippen LogP contribution in [0.1, 0.15) is 31.2 Å². The monoisotopic (exact) mass is 352 g/mol. The van der Waals surface area contributed by atoms with Crippen LogP contribution >= 0.6 is 0 Å². The Morgan fingerprint density at radius 2 is 1.96 bits per heavy atom. The van der Waals surface area contributed by atoms with E-state index in [0.717, 1.165) is 42.1 Å². The highest BCUT2D eigenvalue weighted by Crippen LogP contribution is 2.34. The Morgan fingerprint density at radius 3 is 2.77 bits per heavy atom. The van der Waals surface area contributed by atoms with Gasteiger partial charge in [-0.3, -0.25) is 0 Å². The molecule has 1 saturated carbocycles. The lowest BCUT2D eigenvalue weighted by atomic mass is 10.1. The molecular weight excluding hydrogens is 331 g/mol. The van der Waals surface area contributed by atoms with Crippen LogP contribution < -0.4 is 15.8 Å². The summed E-state index contributed by atoms with van der Waals surface area (Å²) in [7, 11) is 0. The highest BCUT2D eigenvalue weighted by molar-refractivity contribution is 5.95. The Labute approximate surface area is 151 Å². The third kappa shape index (κ3) is 3.27. The predicted octanol–water partition coefficient (Wildman–Crippen LogP) is 4.72. The number of rotatable bonds is 4. The summed E-state index contributed by atoms with van der Waals surface area (Å²) in [5.74, 6) is 0.840. The van der Waals surface area contributed by atoms with E-state index in [2.05, 4.69) is 15.3 Å². The van der Waals surface area contributed by atoms with Gasteiger partial charge in [-0.05, 0) is 62.4 Å². The molecule has 0 saturated heterocycles. The zero-order valence-corrected chi connectivity index (χ0v) is 14.6. The lowest BCUT2D eigenvalue weighted by Gasteiger charge is -2.18. The summed E-state index contributed by atoms with van der Waals surface area (Å²) in [6.45, 7) is 1.97. The van der Waals surface area contributed by atoms with Crippen LogP contribution in [0.15, 0.2) is 36.7 Å². The van der Waals surface area contributed by atoms with Crippen molar-refractivity contribution in [1.29, 1.82) is 0 Å². The lowest BCUT2D eigenvalue weighted by molar-refractivity contribution is 0.210. The van der Waals surface area contributed by atoms with Crippen molar-refractivity contribution < 1.29 is 9.13 Å². The maximum atomic E-state index is 13.8. The average Bonchev–Trinajstić information content (AvgIpc) is 3.10. The number of aryl methyl sites for hydroxylation is 1. The first-order valence-corrected chi connectivity index (χ1v) is 8.84. The molecule has 4 rings (SSSR count). The molecule has 0 radical (unpaired) electrons. The van der Waals surface area contributed by atoms with Crippen LogP contribution in [-0.4, -0.2) is 16.1 Å². The van der Waals surface area contributed by atoms with E-state index in [1.807, 2.05) is 19.1 Å². The molecule has 134 valence electrons. The summed E-state index contributed by atoms with van der Waals surface area (Å²) >= 11 is 0. The molecule has 3 N–H and O–H groups in total. The number of nitrogens with two attached hydrogens (primary N) is 1. The van der Waals surface area contributed by atoms with Crippen molar-refractivity contribution in [1.82, 2.24) is 9.97 Å². The molecular formula is C20H21FN4O. The van der Waals surface area contributed by atoms with Gasteiger partial charge in [0, 0.05) is 17.1 Å². The number of hydrogen-bond acceptors (Lipinski definition) is 5. The zero-order chi connectivity index (χ0) is 18.1. The molecule has 26 heavy (non-hydrogen) atoms. The first-order chi connectivity index (χ1) is 12.6. The van der Waals surface area contributed by atoms with Crippen molar-refractivity contribution in [3.8, 4) is 5.75 Å². The van der Waals surface area contributed by atoms with Gasteiger partial charge in [-0.25, -0.2) is 14.4 Å². The quantitative estimate of drug-likeness (QED) is 0.665. The van der Waals surface area contributed by atoms with Crippen LogP contribution in [-0.2, 0) is 0 Å². The molecule has 1 aliphatic carbocycles. The predicted molar refractivity (Wildman–Crippen MR) is 101 cm³/mol. The second kappa shape index (κ2) is 6.78. The Balaban J connectivity index is 1.72. The molecule has 3 aromatic rings. The number of anilines is 3. The fraction of sp³-hybridized carbons (Fsp3) is 0.300. The number of aromatic nitrogens is 2. The maximum absolute atomic E-state index is 13.8. The molecule has 0 spiro atoms. The molecule has 0 atom stereocenters. The fourth-order valence-corrected chi connectivity index (χ4v) is 3.52. The van der Waals surface area contributed by atoms with E-state index >= 15 is 0 Å². The van der Waals surface area contributed by atoms with Crippen LogP contribution in [0.4, 0.5) is 21.6 Å². The van der Waals surface area contributed by atoms with Crippen molar-refractivity contribution in [2.75, 3.05) is 11.1 Å². The van der Waals surface area contributed by atoms with Crippen molar-refractivity contribution in [2.24, 2.45) is 0 Å². The van der Waals surface area contributed by atoms with E-state index in [4.69, 9.17) is 10.5 Å². The standard InChI is InChI=1S/C20H21FN4O/c1-12-8-14(22)10-17-19(12)20(24-11-23-17)25-16-7-6-13(21)9-18(16)26-15-4-2-3-5-15/h6-11,15H,2-5,22H2,1H3,(H,23,24,25). The summed E-state index contributed by atoms with van der Waals surface area (Å²) < 4.78 is 19.8. The van der Waals surface area contributed by atoms with E-state index in [1.54, 1.807) is 6.07 Å². The van der Waals surface area contributed by atoms with Crippen LogP contribution in [0.5, 0.6) is 5.75 Å². The van der Waals surface area contributed by atoms with Crippen molar-refractivity contribution in [3.05, 3.63) is 48.0 Å². The van der Waals surface area contributed by atoms with Crippen LogP contribution in [0.25, 0.3) is 10.9 Å². The van der Waals surface area contributed by atoms with E-state index in [0.29, 0.717) is 22.9 Å². The Hall–Kier alpha value is -2.89. The summed E-state index contributed by atoms with van der Waals surface area (Å²) in [5, 5.41) is 4.18. The minimum absolute atomic E-state index is 0.140. The normalized spacial score (nSPS) is 14.7. The molecule has 1 fully saturated rings. The second-order valence-electron chi connectivity index (χ2n) is 6.74. The molecule has 0 amide bonds. The lowest BCUT2D eigenvalue weighted by Crippen LogP contribution is -2.12. The Kier molecular flexibility index (Phi) is 4.32. The number of fused-ring (bicyclic) bond motifs is 1. The number of nitrogens with zero attached hydrogens (tertiary/aromatic N) is 2. The van der Waals surface area contributed by atoms with E-state index in [9.17, 15) is 4.39 Å². The highest BCUT2D eigenvalue weighted by atomic mass is 19.1. The van der Waals surface area contributed by atoms with Crippen molar-refractivity contribution in [2.45, 2.75) is 38.7 Å². The van der Waals surface area contributed by atoms with Crippen LogP contribution in [0.3, 0.4) is 0 Å². The van der Waals surface area contributed by atoms with Gasteiger partial charge in [-0.2, -0.15) is 0 Å². The number of ether oxygens (including phenoxy) is 1. The van der Waals surface area contributed by atoms with Crippen molar-refractivity contribution in [3.63, 3.8) is 0 Å². The average molecular weight is 352 g/mol. The maximum Gasteiger partial charge on any atom is 0.146 e. The Morgan fingerprint density at radius 1 is 1.15 bits per heavy atom. The highest BCUT2D eigenvalue weighted by Gasteiger charge is 2.19. The summed E-state index contributed by atoms with van der Waals surface area (Å²) in [4.78, 5) is 8.68. The van der Waals surface area contributed by atoms with Crippen molar-refractivity contribution >= 4 is 28.1 Å². The molecule has 0 aliphatic heterocycles. The van der Waals surface area contributed by atoms with Gasteiger partial charge in [0.05, 0.1) is 17.3 Å². The number of nitrogen functional groups attached to an aromatic ring is 1. The third-order valence-corrected chi connectivity index (χ3v) is 4.75. The first kappa shape index (κ1) is 16.6. The molecule has 5 nitrogen and oxygen atoms in total. The number of nitrogens with one attached hydrogen (secondary N) is 1. The molecule has 6 heteroatoms. The summed E-state index contributed by atoms with van der Waals surface area (Å²) in [6.07, 6.45) is 5.95. The number of benzene rings is 2. The molecule has 1 heterocycles. The van der Waals surface area contributed by atoms with Gasteiger partial charge < -0.3 is 15.8 Å². The van der Waals surface area contributed by atoms with Gasteiger partial charge >= 0.3 is 0 Å². The first-order valence-electron chi connectivity index (χ1n) is 8.84. The largest absolute Gasteiger partial charge is 0.488 e. The molecule has 0 unspecified atom stereocenters. The topological polar surface area (TPSA) is 73.1 Å². The molecule has 1 aromatic heterocycles. The van der Waals surface area contributed by atoms with E-state index < -0.39 is 0 Å². The van der Waals surface area contributed by atoms with E-state index in [-0.39, 0.29) is 11.9 Å². The van der Waals surface area contributed by atoms with Crippen LogP contribution in [0, 0.1) is 12.7 Å². The second-order valence-corrected chi connectivity index (χ2v) is 6.74. The minimum Gasteiger partial charge on any atom is -0.488 e. The Bertz CT molecular complexity index is 954. The molecule has 2 aromatic carbocycles. The minimum atomic E-state index is -0.319. The van der Waals surface area contributed by atoms with Gasteiger partial charge in [-0.1, -0.05) is 0 Å². The van der Waals surface area contributed by atoms with Gasteiger partial charge in [0.1, 0.15) is 23.7 Å². The van der Waals surface area contributed by atoms with Crippen LogP contribution in [0.2, 0.25) is 0 Å². The smallest absolute Gasteiger partial charge is 0.146 e. The molecule has 1 aliphatic rings. The summed E-state index contributed by atoms with van der Waals surface area (Å²) in [5.41, 5.74) is 9.00. The third-order valence-electron chi connectivity index (χ3n) is 4.75. The summed E-state index contributed by atoms with van der Waals surface area (Å²) in [6, 6.07) is 8.22. The van der Waals surface area contributed by atoms with Gasteiger partial charge in [-0.15, -0.1) is 0 Å². The number of halogens is 1. The zero-order valence-electron chi connectivity index (χ0n) is 14.6.